The highest BCUT2D eigenvalue weighted by atomic mass is 15.2. The molecular formula is C10H11N3. The van der Waals surface area contributed by atoms with E-state index < -0.39 is 0 Å². The van der Waals surface area contributed by atoms with Crippen LogP contribution < -0.4 is 5.32 Å². The molecule has 2 rings (SSSR count). The van der Waals surface area contributed by atoms with E-state index in [1.165, 1.54) is 0 Å². The number of anilines is 1. The zero-order valence-electron chi connectivity index (χ0n) is 7.44. The van der Waals surface area contributed by atoms with Crippen molar-refractivity contribution in [2.45, 2.75) is 0 Å². The first-order valence-electron chi connectivity index (χ1n) is 4.18. The number of aromatic nitrogens is 2. The first kappa shape index (κ1) is 7.86. The van der Waals surface area contributed by atoms with Gasteiger partial charge in [-0.3, -0.25) is 4.57 Å². The van der Waals surface area contributed by atoms with E-state index in [1.54, 1.807) is 6.20 Å². The van der Waals surface area contributed by atoms with Crippen LogP contribution in [0.3, 0.4) is 0 Å². The van der Waals surface area contributed by atoms with Gasteiger partial charge in [-0.1, -0.05) is 18.2 Å². The molecule has 0 radical (unpaired) electrons. The maximum absolute atomic E-state index is 4.16. The van der Waals surface area contributed by atoms with Gasteiger partial charge in [-0.05, 0) is 12.1 Å². The van der Waals surface area contributed by atoms with Crippen LogP contribution in [0, 0.1) is 0 Å². The number of hydrogen-bond acceptors (Lipinski definition) is 2. The molecule has 0 aliphatic rings. The van der Waals surface area contributed by atoms with Crippen molar-refractivity contribution in [2.75, 3.05) is 12.4 Å². The van der Waals surface area contributed by atoms with Gasteiger partial charge in [0.05, 0.1) is 0 Å². The summed E-state index contributed by atoms with van der Waals surface area (Å²) in [5, 5.41) is 3.03. The molecule has 0 aliphatic heterocycles. The molecule has 0 bridgehead atoms. The van der Waals surface area contributed by atoms with Crippen LogP contribution in [0.5, 0.6) is 0 Å². The molecule has 1 heterocycles. The van der Waals surface area contributed by atoms with Crippen molar-refractivity contribution < 1.29 is 0 Å². The van der Waals surface area contributed by atoms with Crippen LogP contribution in [-0.2, 0) is 0 Å². The minimum atomic E-state index is 0.853. The monoisotopic (exact) mass is 173 g/mol. The Labute approximate surface area is 77.0 Å². The second-order valence-electron chi connectivity index (χ2n) is 2.71. The summed E-state index contributed by atoms with van der Waals surface area (Å²) in [6.07, 6.45) is 3.71. The van der Waals surface area contributed by atoms with E-state index in [0.717, 1.165) is 11.6 Å². The lowest BCUT2D eigenvalue weighted by atomic mass is 10.3. The van der Waals surface area contributed by atoms with Crippen LogP contribution in [-0.4, -0.2) is 16.6 Å². The summed E-state index contributed by atoms with van der Waals surface area (Å²) in [6.45, 7) is 0. The Morgan fingerprint density at radius 3 is 2.69 bits per heavy atom. The summed E-state index contributed by atoms with van der Waals surface area (Å²) in [5.74, 6) is 0.853. The smallest absolute Gasteiger partial charge is 0.207 e. The topological polar surface area (TPSA) is 29.9 Å². The van der Waals surface area contributed by atoms with E-state index >= 15 is 0 Å². The Balaban J connectivity index is 2.47. The molecule has 0 atom stereocenters. The van der Waals surface area contributed by atoms with E-state index in [9.17, 15) is 0 Å². The molecule has 0 saturated heterocycles. The maximum Gasteiger partial charge on any atom is 0.207 e. The molecule has 0 aliphatic carbocycles. The van der Waals surface area contributed by atoms with Gasteiger partial charge >= 0.3 is 0 Å². The average molecular weight is 173 g/mol. The van der Waals surface area contributed by atoms with Crippen LogP contribution in [0.25, 0.3) is 5.69 Å². The van der Waals surface area contributed by atoms with E-state index in [1.807, 2.05) is 48.1 Å². The van der Waals surface area contributed by atoms with Gasteiger partial charge in [-0.2, -0.15) is 0 Å². The van der Waals surface area contributed by atoms with Crippen LogP contribution in [0.2, 0.25) is 0 Å². The second kappa shape index (κ2) is 3.31. The normalized spacial score (nSPS) is 9.92. The largest absolute Gasteiger partial charge is 0.358 e. The lowest BCUT2D eigenvalue weighted by Gasteiger charge is -2.05. The van der Waals surface area contributed by atoms with E-state index in [4.69, 9.17) is 0 Å². The third kappa shape index (κ3) is 1.40. The SMILES string of the molecule is CNc1nccn1-c1ccccc1. The van der Waals surface area contributed by atoms with Gasteiger partial charge in [-0.15, -0.1) is 0 Å². The summed E-state index contributed by atoms with van der Waals surface area (Å²) in [6, 6.07) is 10.1. The summed E-state index contributed by atoms with van der Waals surface area (Å²) in [5.41, 5.74) is 1.12. The Morgan fingerprint density at radius 1 is 1.23 bits per heavy atom. The second-order valence-corrected chi connectivity index (χ2v) is 2.71. The molecule has 1 N–H and O–H groups in total. The van der Waals surface area contributed by atoms with E-state index in [2.05, 4.69) is 10.3 Å². The lowest BCUT2D eigenvalue weighted by molar-refractivity contribution is 1.05. The van der Waals surface area contributed by atoms with Crippen molar-refractivity contribution in [3.63, 3.8) is 0 Å². The van der Waals surface area contributed by atoms with Gasteiger partial charge in [0.1, 0.15) is 0 Å². The quantitative estimate of drug-likeness (QED) is 0.751. The number of rotatable bonds is 2. The highest BCUT2D eigenvalue weighted by Crippen LogP contribution is 2.12. The number of nitrogens with zero attached hydrogens (tertiary/aromatic N) is 2. The van der Waals surface area contributed by atoms with Gasteiger partial charge in [-0.25, -0.2) is 4.98 Å². The molecule has 3 nitrogen and oxygen atoms in total. The summed E-state index contributed by atoms with van der Waals surface area (Å²) in [7, 11) is 1.86. The molecular weight excluding hydrogens is 162 g/mol. The minimum absolute atomic E-state index is 0.853. The molecule has 0 fully saturated rings. The van der Waals surface area contributed by atoms with Crippen molar-refractivity contribution in [3.05, 3.63) is 42.7 Å². The summed E-state index contributed by atoms with van der Waals surface area (Å²) < 4.78 is 2.00. The van der Waals surface area contributed by atoms with Crippen LogP contribution in [0.15, 0.2) is 42.7 Å². The maximum atomic E-state index is 4.16. The van der Waals surface area contributed by atoms with Gasteiger partial charge in [0.15, 0.2) is 0 Å². The Bertz CT molecular complexity index is 378. The third-order valence-corrected chi connectivity index (χ3v) is 1.90. The van der Waals surface area contributed by atoms with Crippen molar-refractivity contribution >= 4 is 5.95 Å². The number of benzene rings is 1. The molecule has 66 valence electrons. The predicted octanol–water partition coefficient (Wildman–Crippen LogP) is 1.91. The minimum Gasteiger partial charge on any atom is -0.358 e. The zero-order chi connectivity index (χ0) is 9.10. The molecule has 0 amide bonds. The fourth-order valence-corrected chi connectivity index (χ4v) is 1.29. The van der Waals surface area contributed by atoms with Gasteiger partial charge < -0.3 is 5.32 Å². The fraction of sp³-hybridized carbons (Fsp3) is 0.100. The molecule has 0 spiro atoms. The predicted molar refractivity (Wildman–Crippen MR) is 53.1 cm³/mol. The molecule has 0 saturated carbocycles. The molecule has 13 heavy (non-hydrogen) atoms. The van der Waals surface area contributed by atoms with Crippen LogP contribution >= 0.6 is 0 Å². The number of imidazole rings is 1. The third-order valence-electron chi connectivity index (χ3n) is 1.90. The lowest BCUT2D eigenvalue weighted by Crippen LogP contribution is -1.99. The Kier molecular flexibility index (Phi) is 2.00. The number of hydrogen-bond donors (Lipinski definition) is 1. The molecule has 1 aromatic heterocycles. The van der Waals surface area contributed by atoms with Crippen molar-refractivity contribution in [3.8, 4) is 5.69 Å². The first-order valence-corrected chi connectivity index (χ1v) is 4.18. The van der Waals surface area contributed by atoms with E-state index in [-0.39, 0.29) is 0 Å². The van der Waals surface area contributed by atoms with Gasteiger partial charge in [0.25, 0.3) is 0 Å². The number of para-hydroxylation sites is 1. The van der Waals surface area contributed by atoms with Crippen LogP contribution in [0.1, 0.15) is 0 Å². The molecule has 3 heteroatoms. The highest BCUT2D eigenvalue weighted by Gasteiger charge is 2.00. The average Bonchev–Trinajstić information content (AvgIpc) is 2.67. The van der Waals surface area contributed by atoms with Crippen molar-refractivity contribution in [1.82, 2.24) is 9.55 Å². The summed E-state index contributed by atoms with van der Waals surface area (Å²) >= 11 is 0. The molecule has 2 aromatic rings. The first-order chi connectivity index (χ1) is 6.42. The van der Waals surface area contributed by atoms with Crippen molar-refractivity contribution in [2.24, 2.45) is 0 Å². The zero-order valence-corrected chi connectivity index (χ0v) is 7.44. The fourth-order valence-electron chi connectivity index (χ4n) is 1.29. The Hall–Kier alpha value is -1.77. The van der Waals surface area contributed by atoms with Gasteiger partial charge in [0, 0.05) is 25.1 Å². The van der Waals surface area contributed by atoms with Gasteiger partial charge in [0.2, 0.25) is 5.95 Å². The molecule has 1 aromatic carbocycles. The standard InChI is InChI=1S/C10H11N3/c1-11-10-12-7-8-13(10)9-5-3-2-4-6-9/h2-8H,1H3,(H,11,12). The summed E-state index contributed by atoms with van der Waals surface area (Å²) in [4.78, 5) is 4.16. The molecule has 0 unspecified atom stereocenters. The van der Waals surface area contributed by atoms with Crippen molar-refractivity contribution in [1.29, 1.82) is 0 Å². The Morgan fingerprint density at radius 2 is 2.00 bits per heavy atom. The van der Waals surface area contributed by atoms with E-state index in [0.29, 0.717) is 0 Å². The van der Waals surface area contributed by atoms with Crippen LogP contribution in [0.4, 0.5) is 5.95 Å². The number of nitrogens with one attached hydrogen (secondary N) is 1. The highest BCUT2D eigenvalue weighted by molar-refractivity contribution is 5.40.